The number of benzene rings is 2. The lowest BCUT2D eigenvalue weighted by Gasteiger charge is -2.14. The largest absolute Gasteiger partial charge is 0.462 e. The SMILES string of the molecule is CCOC(=O)c1ccc(-c2ccc(/C=C3/SC(=S)N(Cc4ccccc4)C3=O)o2)cc1. The van der Waals surface area contributed by atoms with Crippen LogP contribution in [0.3, 0.4) is 0 Å². The number of hydrogen-bond donors (Lipinski definition) is 0. The second kappa shape index (κ2) is 9.32. The molecule has 1 amide bonds. The maximum Gasteiger partial charge on any atom is 0.338 e. The van der Waals surface area contributed by atoms with E-state index in [9.17, 15) is 9.59 Å². The first-order chi connectivity index (χ1) is 15.0. The van der Waals surface area contributed by atoms with Gasteiger partial charge in [-0.3, -0.25) is 9.69 Å². The van der Waals surface area contributed by atoms with Crippen LogP contribution in [0.2, 0.25) is 0 Å². The molecule has 3 aromatic rings. The second-order valence-corrected chi connectivity index (χ2v) is 8.43. The Kier molecular flexibility index (Phi) is 6.34. The van der Waals surface area contributed by atoms with Crippen LogP contribution in [0.1, 0.15) is 28.6 Å². The summed E-state index contributed by atoms with van der Waals surface area (Å²) in [6, 6.07) is 20.4. The summed E-state index contributed by atoms with van der Waals surface area (Å²) in [5.74, 6) is 0.716. The van der Waals surface area contributed by atoms with Gasteiger partial charge in [0.2, 0.25) is 0 Å². The third-order valence-corrected chi connectivity index (χ3v) is 6.02. The molecule has 7 heteroatoms. The topological polar surface area (TPSA) is 59.8 Å². The number of furan rings is 1. The summed E-state index contributed by atoms with van der Waals surface area (Å²) in [4.78, 5) is 26.7. The molecule has 0 radical (unpaired) electrons. The molecule has 5 nitrogen and oxygen atoms in total. The van der Waals surface area contributed by atoms with E-state index in [1.54, 1.807) is 48.2 Å². The molecule has 0 atom stereocenters. The van der Waals surface area contributed by atoms with Crippen LogP contribution in [-0.2, 0) is 16.1 Å². The highest BCUT2D eigenvalue weighted by Crippen LogP contribution is 2.34. The molecule has 1 aromatic heterocycles. The third kappa shape index (κ3) is 4.78. The third-order valence-electron chi connectivity index (χ3n) is 4.64. The first kappa shape index (κ1) is 21.1. The van der Waals surface area contributed by atoms with Crippen LogP contribution in [0.25, 0.3) is 17.4 Å². The van der Waals surface area contributed by atoms with Crippen molar-refractivity contribution in [2.45, 2.75) is 13.5 Å². The molecule has 0 bridgehead atoms. The van der Waals surface area contributed by atoms with Crippen molar-refractivity contribution in [2.24, 2.45) is 0 Å². The van der Waals surface area contributed by atoms with Crippen molar-refractivity contribution >= 4 is 46.3 Å². The van der Waals surface area contributed by atoms with Gasteiger partial charge in [0.05, 0.1) is 23.6 Å². The number of carbonyl (C=O) groups excluding carboxylic acids is 2. The van der Waals surface area contributed by atoms with E-state index in [4.69, 9.17) is 21.4 Å². The Labute approximate surface area is 189 Å². The highest BCUT2D eigenvalue weighted by molar-refractivity contribution is 8.26. The number of ether oxygens (including phenoxy) is 1. The van der Waals surface area contributed by atoms with E-state index in [1.165, 1.54) is 11.8 Å². The van der Waals surface area contributed by atoms with Crippen molar-refractivity contribution in [3.63, 3.8) is 0 Å². The number of rotatable bonds is 6. The van der Waals surface area contributed by atoms with Crippen molar-refractivity contribution < 1.29 is 18.7 Å². The molecule has 156 valence electrons. The van der Waals surface area contributed by atoms with Gasteiger partial charge in [0, 0.05) is 11.6 Å². The quantitative estimate of drug-likeness (QED) is 0.280. The van der Waals surface area contributed by atoms with E-state index in [1.807, 2.05) is 36.4 Å². The van der Waals surface area contributed by atoms with Crippen molar-refractivity contribution in [3.05, 3.63) is 88.5 Å². The summed E-state index contributed by atoms with van der Waals surface area (Å²) in [7, 11) is 0. The molecular formula is C24H19NO4S2. The number of thiocarbonyl (C=S) groups is 1. The number of hydrogen-bond acceptors (Lipinski definition) is 6. The molecule has 2 heterocycles. The van der Waals surface area contributed by atoms with Gasteiger partial charge in [0.15, 0.2) is 0 Å². The van der Waals surface area contributed by atoms with Gasteiger partial charge in [-0.2, -0.15) is 0 Å². The minimum Gasteiger partial charge on any atom is -0.462 e. The van der Waals surface area contributed by atoms with Crippen molar-refractivity contribution in [2.75, 3.05) is 6.61 Å². The van der Waals surface area contributed by atoms with E-state index >= 15 is 0 Å². The fraction of sp³-hybridized carbons (Fsp3) is 0.125. The zero-order chi connectivity index (χ0) is 21.8. The fourth-order valence-corrected chi connectivity index (χ4v) is 4.34. The molecular weight excluding hydrogens is 430 g/mol. The predicted molar refractivity (Wildman–Crippen MR) is 125 cm³/mol. The summed E-state index contributed by atoms with van der Waals surface area (Å²) < 4.78 is 11.4. The summed E-state index contributed by atoms with van der Waals surface area (Å²) >= 11 is 6.67. The molecule has 1 saturated heterocycles. The maximum absolute atomic E-state index is 12.8. The minimum absolute atomic E-state index is 0.129. The molecule has 1 aliphatic heterocycles. The molecule has 1 aliphatic rings. The highest BCUT2D eigenvalue weighted by atomic mass is 32.2. The molecule has 31 heavy (non-hydrogen) atoms. The number of amides is 1. The van der Waals surface area contributed by atoms with Crippen LogP contribution in [0.4, 0.5) is 0 Å². The van der Waals surface area contributed by atoms with E-state index in [2.05, 4.69) is 0 Å². The van der Waals surface area contributed by atoms with Crippen LogP contribution < -0.4 is 0 Å². The van der Waals surface area contributed by atoms with Gasteiger partial charge in [-0.1, -0.05) is 66.4 Å². The highest BCUT2D eigenvalue weighted by Gasteiger charge is 2.32. The second-order valence-electron chi connectivity index (χ2n) is 6.75. The van der Waals surface area contributed by atoms with Crippen LogP contribution >= 0.6 is 24.0 Å². The maximum atomic E-state index is 12.8. The van der Waals surface area contributed by atoms with Crippen LogP contribution in [0.15, 0.2) is 76.1 Å². The van der Waals surface area contributed by atoms with Crippen LogP contribution in [-0.4, -0.2) is 27.7 Å². The predicted octanol–water partition coefficient (Wildman–Crippen LogP) is 5.52. The summed E-state index contributed by atoms with van der Waals surface area (Å²) in [5, 5.41) is 0. The van der Waals surface area contributed by atoms with E-state index in [0.717, 1.165) is 11.1 Å². The van der Waals surface area contributed by atoms with Crippen molar-refractivity contribution in [1.82, 2.24) is 4.90 Å². The lowest BCUT2D eigenvalue weighted by Crippen LogP contribution is -2.27. The van der Waals surface area contributed by atoms with Crippen LogP contribution in [0, 0.1) is 0 Å². The molecule has 4 rings (SSSR count). The Morgan fingerprint density at radius 2 is 1.84 bits per heavy atom. The number of esters is 1. The molecule has 2 aromatic carbocycles. The molecule has 0 saturated carbocycles. The Morgan fingerprint density at radius 3 is 2.55 bits per heavy atom. The van der Waals surface area contributed by atoms with Crippen molar-refractivity contribution in [3.8, 4) is 11.3 Å². The molecule has 1 fully saturated rings. The molecule has 0 unspecified atom stereocenters. The first-order valence-corrected chi connectivity index (χ1v) is 10.9. The van der Waals surface area contributed by atoms with Gasteiger partial charge in [0.1, 0.15) is 15.8 Å². The Hall–Kier alpha value is -3.16. The van der Waals surface area contributed by atoms with E-state index < -0.39 is 0 Å². The van der Waals surface area contributed by atoms with Gasteiger partial charge in [-0.05, 0) is 36.8 Å². The zero-order valence-corrected chi connectivity index (χ0v) is 18.4. The average molecular weight is 450 g/mol. The standard InChI is InChI=1S/C24H19NO4S2/c1-2-28-23(27)18-10-8-17(9-11-18)20-13-12-19(29-20)14-21-22(26)25(24(30)31-21)15-16-6-4-3-5-7-16/h3-14H,2,15H2,1H3/b21-14+. The fourth-order valence-electron chi connectivity index (χ4n) is 3.10. The number of carbonyl (C=O) groups is 2. The average Bonchev–Trinajstić information content (AvgIpc) is 3.35. The smallest absolute Gasteiger partial charge is 0.338 e. The molecule has 0 spiro atoms. The molecule has 0 N–H and O–H groups in total. The monoisotopic (exact) mass is 449 g/mol. The number of thioether (sulfide) groups is 1. The Balaban J connectivity index is 1.48. The Morgan fingerprint density at radius 1 is 1.10 bits per heavy atom. The van der Waals surface area contributed by atoms with E-state index in [0.29, 0.717) is 39.5 Å². The first-order valence-electron chi connectivity index (χ1n) is 9.72. The minimum atomic E-state index is -0.355. The normalized spacial score (nSPS) is 15.0. The summed E-state index contributed by atoms with van der Waals surface area (Å²) in [5.41, 5.74) is 2.33. The van der Waals surface area contributed by atoms with Gasteiger partial charge >= 0.3 is 5.97 Å². The van der Waals surface area contributed by atoms with Crippen LogP contribution in [0.5, 0.6) is 0 Å². The van der Waals surface area contributed by atoms with Gasteiger partial charge in [-0.15, -0.1) is 0 Å². The summed E-state index contributed by atoms with van der Waals surface area (Å²) in [6.07, 6.45) is 1.71. The van der Waals surface area contributed by atoms with Crippen molar-refractivity contribution in [1.29, 1.82) is 0 Å². The molecule has 0 aliphatic carbocycles. The lowest BCUT2D eigenvalue weighted by molar-refractivity contribution is -0.122. The van der Waals surface area contributed by atoms with Gasteiger partial charge in [-0.25, -0.2) is 4.79 Å². The lowest BCUT2D eigenvalue weighted by atomic mass is 10.1. The van der Waals surface area contributed by atoms with Gasteiger partial charge < -0.3 is 9.15 Å². The summed E-state index contributed by atoms with van der Waals surface area (Å²) in [6.45, 7) is 2.55. The Bertz CT molecular complexity index is 1150. The number of nitrogens with zero attached hydrogens (tertiary/aromatic N) is 1. The van der Waals surface area contributed by atoms with E-state index in [-0.39, 0.29) is 11.9 Å². The van der Waals surface area contributed by atoms with Gasteiger partial charge in [0.25, 0.3) is 5.91 Å². The zero-order valence-electron chi connectivity index (χ0n) is 16.7.